The molecule has 0 aliphatic carbocycles. The number of primary amides is 1. The second kappa shape index (κ2) is 5.43. The van der Waals surface area contributed by atoms with Gasteiger partial charge in [0.25, 0.3) is 30.0 Å². The molecule has 4 amide bonds. The van der Waals surface area contributed by atoms with Crippen molar-refractivity contribution in [3.63, 3.8) is 0 Å². The van der Waals surface area contributed by atoms with Crippen molar-refractivity contribution in [2.75, 3.05) is 20.1 Å². The van der Waals surface area contributed by atoms with E-state index in [2.05, 4.69) is 4.99 Å². The summed E-state index contributed by atoms with van der Waals surface area (Å²) in [5, 5.41) is 0. The maximum absolute atomic E-state index is 12.4. The molecule has 0 radical (unpaired) electrons. The number of fused-ring (bicyclic) bond motifs is 1. The Bertz CT molecular complexity index is 594. The van der Waals surface area contributed by atoms with E-state index in [1.54, 1.807) is 6.92 Å². The van der Waals surface area contributed by atoms with Crippen molar-refractivity contribution < 1.29 is 23.8 Å². The summed E-state index contributed by atoms with van der Waals surface area (Å²) < 4.78 is 1.35. The van der Waals surface area contributed by atoms with Crippen molar-refractivity contribution >= 4 is 35.8 Å². The van der Waals surface area contributed by atoms with E-state index < -0.39 is 23.9 Å². The number of hydrogen-bond acceptors (Lipinski definition) is 5. The first kappa shape index (κ1) is 14.8. The Morgan fingerprint density at radius 2 is 2.10 bits per heavy atom. The first-order valence-electron chi connectivity index (χ1n) is 6.42. The summed E-state index contributed by atoms with van der Waals surface area (Å²) in [4.78, 5) is 53.2. The predicted octanol–water partition coefficient (Wildman–Crippen LogP) is -1.83. The third-order valence-corrected chi connectivity index (χ3v) is 3.34. The highest BCUT2D eigenvalue weighted by atomic mass is 16.2. The topological polar surface area (TPSA) is 116 Å². The number of carbonyl (C=O) groups excluding carboxylic acids is 4. The maximum Gasteiger partial charge on any atom is 0.334 e. The quantitative estimate of drug-likeness (QED) is 0.600. The van der Waals surface area contributed by atoms with Crippen LogP contribution >= 0.6 is 0 Å². The smallest absolute Gasteiger partial charge is 0.334 e. The van der Waals surface area contributed by atoms with Crippen molar-refractivity contribution in [1.82, 2.24) is 9.80 Å². The third kappa shape index (κ3) is 2.54. The molecule has 0 aromatic heterocycles. The Morgan fingerprint density at radius 3 is 2.67 bits per heavy atom. The Morgan fingerprint density at radius 1 is 1.43 bits per heavy atom. The van der Waals surface area contributed by atoms with E-state index in [9.17, 15) is 19.2 Å². The van der Waals surface area contributed by atoms with E-state index in [1.165, 1.54) is 22.9 Å². The van der Waals surface area contributed by atoms with E-state index in [0.29, 0.717) is 0 Å². The van der Waals surface area contributed by atoms with Crippen molar-refractivity contribution in [2.24, 2.45) is 10.7 Å². The van der Waals surface area contributed by atoms with Crippen LogP contribution in [0.5, 0.6) is 0 Å². The minimum absolute atomic E-state index is 0.193. The lowest BCUT2D eigenvalue weighted by atomic mass is 10.1. The molecule has 1 atom stereocenters. The number of urea groups is 1. The molecule has 1 fully saturated rings. The van der Waals surface area contributed by atoms with Gasteiger partial charge in [0.05, 0.1) is 6.54 Å². The standard InChI is InChI=1S/C12H15N5O4/c1-3-7(18)4-17-11(20)9-10(15(2)12(17)21)14-6-16(9)5-8(13)19/h6,9H,3-5H2,1-2H3,(H-,13,19)/p+1. The van der Waals surface area contributed by atoms with Crippen LogP contribution in [0.3, 0.4) is 0 Å². The molecule has 2 aliphatic heterocycles. The van der Waals surface area contributed by atoms with Gasteiger partial charge in [-0.3, -0.25) is 24.2 Å². The first-order chi connectivity index (χ1) is 9.86. The van der Waals surface area contributed by atoms with Crippen molar-refractivity contribution in [1.29, 1.82) is 0 Å². The summed E-state index contributed by atoms with van der Waals surface area (Å²) in [5.74, 6) is -1.19. The number of aliphatic imine (C=N–C) groups is 1. The molecule has 0 aromatic rings. The van der Waals surface area contributed by atoms with Crippen molar-refractivity contribution in [3.8, 4) is 0 Å². The number of likely N-dealkylation sites (N-methyl/N-ethyl adjacent to an activating group) is 1. The fourth-order valence-electron chi connectivity index (χ4n) is 2.21. The van der Waals surface area contributed by atoms with E-state index >= 15 is 0 Å². The summed E-state index contributed by atoms with van der Waals surface area (Å²) >= 11 is 0. The number of nitrogens with zero attached hydrogens (tertiary/aromatic N) is 4. The van der Waals surface area contributed by atoms with Crippen LogP contribution in [-0.2, 0) is 14.4 Å². The number of amidine groups is 1. The minimum atomic E-state index is -0.898. The van der Waals surface area contributed by atoms with Gasteiger partial charge in [0.1, 0.15) is 0 Å². The van der Waals surface area contributed by atoms with Gasteiger partial charge in [-0.05, 0) is 4.99 Å². The van der Waals surface area contributed by atoms with Gasteiger partial charge in [-0.25, -0.2) is 9.37 Å². The number of ketones is 1. The summed E-state index contributed by atoms with van der Waals surface area (Å²) in [6, 6.07) is -1.50. The number of carbonyl (C=O) groups is 4. The molecule has 0 bridgehead atoms. The number of hydrogen-bond donors (Lipinski definition) is 1. The van der Waals surface area contributed by atoms with Crippen LogP contribution in [0.15, 0.2) is 4.99 Å². The Hall–Kier alpha value is -2.58. The maximum atomic E-state index is 12.4. The summed E-state index contributed by atoms with van der Waals surface area (Å²) in [6.07, 6.45) is 1.53. The van der Waals surface area contributed by atoms with E-state index in [4.69, 9.17) is 5.73 Å². The molecular formula is C12H16N5O4+. The lowest BCUT2D eigenvalue weighted by Gasteiger charge is -2.32. The van der Waals surface area contributed by atoms with Gasteiger partial charge in [0, 0.05) is 13.5 Å². The van der Waals surface area contributed by atoms with E-state index in [1.807, 2.05) is 0 Å². The molecule has 2 heterocycles. The number of nitrogens with two attached hydrogens (primary N) is 1. The summed E-state index contributed by atoms with van der Waals surface area (Å²) in [7, 11) is 1.46. The molecule has 9 nitrogen and oxygen atoms in total. The molecule has 2 rings (SSSR count). The van der Waals surface area contributed by atoms with E-state index in [0.717, 1.165) is 4.90 Å². The molecule has 2 N–H and O–H groups in total. The lowest BCUT2D eigenvalue weighted by molar-refractivity contribution is -0.519. The van der Waals surface area contributed by atoms with Gasteiger partial charge in [-0.1, -0.05) is 6.92 Å². The fraction of sp³-hybridized carbons (Fsp3) is 0.500. The first-order valence-corrected chi connectivity index (χ1v) is 6.42. The number of Topliss-reactive ketones (excluding diaryl/α,β-unsaturated/α-hetero) is 1. The van der Waals surface area contributed by atoms with Gasteiger partial charge in [0.15, 0.2) is 12.3 Å². The average Bonchev–Trinajstić information content (AvgIpc) is 2.84. The second-order valence-electron chi connectivity index (χ2n) is 4.80. The van der Waals surface area contributed by atoms with Crippen LogP contribution in [0.25, 0.3) is 0 Å². The van der Waals surface area contributed by atoms with Crippen LogP contribution < -0.4 is 5.73 Å². The van der Waals surface area contributed by atoms with Gasteiger partial charge in [-0.2, -0.15) is 0 Å². The zero-order valence-corrected chi connectivity index (χ0v) is 11.8. The molecule has 0 spiro atoms. The lowest BCUT2D eigenvalue weighted by Crippen LogP contribution is -2.63. The Balaban J connectivity index is 2.29. The fourth-order valence-corrected chi connectivity index (χ4v) is 2.21. The summed E-state index contributed by atoms with van der Waals surface area (Å²) in [5.41, 5.74) is 5.13. The largest absolute Gasteiger partial charge is 0.366 e. The molecule has 9 heteroatoms. The van der Waals surface area contributed by atoms with Crippen LogP contribution in [0.2, 0.25) is 0 Å². The molecule has 0 aromatic carbocycles. The molecule has 0 saturated carbocycles. The molecule has 1 saturated heterocycles. The highest BCUT2D eigenvalue weighted by Gasteiger charge is 2.52. The van der Waals surface area contributed by atoms with Crippen LogP contribution in [0, 0.1) is 0 Å². The highest BCUT2D eigenvalue weighted by molar-refractivity contribution is 6.22. The van der Waals surface area contributed by atoms with Crippen molar-refractivity contribution in [2.45, 2.75) is 19.4 Å². The van der Waals surface area contributed by atoms with Gasteiger partial charge >= 0.3 is 6.03 Å². The highest BCUT2D eigenvalue weighted by Crippen LogP contribution is 2.17. The predicted molar refractivity (Wildman–Crippen MR) is 71.8 cm³/mol. The van der Waals surface area contributed by atoms with Gasteiger partial charge < -0.3 is 5.73 Å². The third-order valence-electron chi connectivity index (χ3n) is 3.34. The zero-order valence-electron chi connectivity index (χ0n) is 11.8. The second-order valence-corrected chi connectivity index (χ2v) is 4.80. The van der Waals surface area contributed by atoms with Crippen LogP contribution in [0.4, 0.5) is 4.79 Å². The van der Waals surface area contributed by atoms with E-state index in [-0.39, 0.29) is 31.1 Å². The van der Waals surface area contributed by atoms with Gasteiger partial charge in [-0.15, -0.1) is 0 Å². The molecular weight excluding hydrogens is 278 g/mol. The number of amides is 4. The zero-order chi connectivity index (χ0) is 15.7. The normalized spacial score (nSPS) is 21.1. The SMILES string of the molecule is CCC(=O)CN1C(=O)C2C(=NC=[N+]2CC(N)=O)N(C)C1=O. The average molecular weight is 294 g/mol. The monoisotopic (exact) mass is 294 g/mol. The molecule has 112 valence electrons. The van der Waals surface area contributed by atoms with Gasteiger partial charge in [0.2, 0.25) is 0 Å². The molecule has 2 aliphatic rings. The van der Waals surface area contributed by atoms with Crippen molar-refractivity contribution in [3.05, 3.63) is 0 Å². The minimum Gasteiger partial charge on any atom is -0.366 e. The number of imide groups is 1. The van der Waals surface area contributed by atoms with Crippen LogP contribution in [-0.4, -0.2) is 76.4 Å². The van der Waals surface area contributed by atoms with Crippen LogP contribution in [0.1, 0.15) is 13.3 Å². The Labute approximate surface area is 120 Å². The molecule has 1 unspecified atom stereocenters. The Kier molecular flexibility index (Phi) is 3.83. The number of rotatable bonds is 5. The molecule has 21 heavy (non-hydrogen) atoms. The summed E-state index contributed by atoms with van der Waals surface area (Å²) in [6.45, 7) is 1.17.